The highest BCUT2D eigenvalue weighted by molar-refractivity contribution is 7.92. The van der Waals surface area contributed by atoms with E-state index in [1.165, 1.54) is 0 Å². The molecular weight excluding hydrogens is 362 g/mol. The molecule has 8 nitrogen and oxygen atoms in total. The van der Waals surface area contributed by atoms with E-state index in [9.17, 15) is 28.1 Å². The van der Waals surface area contributed by atoms with Crippen LogP contribution in [0.1, 0.15) is 17.3 Å². The molecule has 0 bridgehead atoms. The van der Waals surface area contributed by atoms with E-state index in [4.69, 9.17) is 4.74 Å². The smallest absolute Gasteiger partial charge is 0.324 e. The summed E-state index contributed by atoms with van der Waals surface area (Å²) in [5, 5.41) is 9.06. The molecule has 0 unspecified atom stereocenters. The van der Waals surface area contributed by atoms with Gasteiger partial charge in [-0.1, -0.05) is 30.3 Å². The lowest BCUT2D eigenvalue weighted by molar-refractivity contribution is -0.384. The van der Waals surface area contributed by atoms with Crippen LogP contribution in [0.3, 0.4) is 0 Å². The van der Waals surface area contributed by atoms with E-state index in [1.807, 2.05) is 0 Å². The van der Waals surface area contributed by atoms with Crippen LogP contribution in [0.4, 0.5) is 5.69 Å². The lowest BCUT2D eigenvalue weighted by Crippen LogP contribution is -2.30. The topological polar surface area (TPSA) is 121 Å². The number of hydrogen-bond donors (Lipinski definition) is 0. The molecule has 0 spiro atoms. The van der Waals surface area contributed by atoms with Gasteiger partial charge in [-0.05, 0) is 19.1 Å². The zero-order valence-corrected chi connectivity index (χ0v) is 14.5. The van der Waals surface area contributed by atoms with Gasteiger partial charge < -0.3 is 4.74 Å². The van der Waals surface area contributed by atoms with Crippen LogP contribution < -0.4 is 0 Å². The molecule has 2 rings (SSSR count). The zero-order chi connectivity index (χ0) is 19.3. The molecule has 0 radical (unpaired) electrons. The van der Waals surface area contributed by atoms with Gasteiger partial charge in [0.15, 0.2) is 27.5 Å². The van der Waals surface area contributed by atoms with Crippen LogP contribution in [-0.2, 0) is 19.4 Å². The third kappa shape index (κ3) is 4.31. The van der Waals surface area contributed by atoms with Gasteiger partial charge >= 0.3 is 5.97 Å². The summed E-state index contributed by atoms with van der Waals surface area (Å²) in [5.74, 6) is -1.54. The number of sulfone groups is 1. The number of benzene rings is 2. The molecular formula is C17H15NO7S. The van der Waals surface area contributed by atoms with Gasteiger partial charge in [-0.3, -0.25) is 19.7 Å². The molecule has 0 saturated heterocycles. The molecule has 2 aromatic carbocycles. The number of ketones is 1. The largest absolute Gasteiger partial charge is 0.456 e. The first-order valence-electron chi connectivity index (χ1n) is 7.46. The molecule has 0 aliphatic carbocycles. The summed E-state index contributed by atoms with van der Waals surface area (Å²) < 4.78 is 29.6. The Balaban J connectivity index is 2.06. The maximum absolute atomic E-state index is 12.4. The summed E-state index contributed by atoms with van der Waals surface area (Å²) in [6.45, 7) is 0.551. The lowest BCUT2D eigenvalue weighted by Gasteiger charge is -2.12. The standard InChI is InChI=1S/C17H15NO7S/c1-12(17(20)25-11-16(19)13-5-3-2-4-6-13)26(23,24)15-9-7-14(8-10-15)18(21)22/h2-10,12H,11H2,1H3/t12-/m1/s1. The van der Waals surface area contributed by atoms with Gasteiger partial charge in [-0.25, -0.2) is 8.42 Å². The zero-order valence-electron chi connectivity index (χ0n) is 13.7. The monoisotopic (exact) mass is 377 g/mol. The summed E-state index contributed by atoms with van der Waals surface area (Å²) in [6, 6.07) is 12.3. The van der Waals surface area contributed by atoms with E-state index in [-0.39, 0.29) is 10.6 Å². The van der Waals surface area contributed by atoms with Crippen molar-refractivity contribution in [1.29, 1.82) is 0 Å². The van der Waals surface area contributed by atoms with Gasteiger partial charge in [-0.15, -0.1) is 0 Å². The van der Waals surface area contributed by atoms with Gasteiger partial charge in [-0.2, -0.15) is 0 Å². The summed E-state index contributed by atoms with van der Waals surface area (Å²) in [7, 11) is -4.10. The Kier molecular flexibility index (Phi) is 5.83. The SMILES string of the molecule is C[C@H](C(=O)OCC(=O)c1ccccc1)S(=O)(=O)c1ccc([N+](=O)[O-])cc1. The van der Waals surface area contributed by atoms with Gasteiger partial charge in [0.2, 0.25) is 0 Å². The van der Waals surface area contributed by atoms with E-state index in [2.05, 4.69) is 0 Å². The molecule has 136 valence electrons. The quantitative estimate of drug-likeness (QED) is 0.314. The first-order chi connectivity index (χ1) is 12.2. The third-order valence-electron chi connectivity index (χ3n) is 3.61. The Labute approximate surface area is 149 Å². The minimum atomic E-state index is -4.10. The molecule has 0 aliphatic rings. The van der Waals surface area contributed by atoms with Crippen molar-refractivity contribution in [3.63, 3.8) is 0 Å². The summed E-state index contributed by atoms with van der Waals surface area (Å²) in [6.07, 6.45) is 0. The Hall–Kier alpha value is -3.07. The maximum atomic E-state index is 12.4. The van der Waals surface area contributed by atoms with Crippen molar-refractivity contribution in [3.05, 3.63) is 70.3 Å². The highest BCUT2D eigenvalue weighted by atomic mass is 32.2. The number of nitro groups is 1. The molecule has 26 heavy (non-hydrogen) atoms. The molecule has 0 aromatic heterocycles. The second-order valence-corrected chi connectivity index (χ2v) is 7.60. The normalized spacial score (nSPS) is 12.2. The number of rotatable bonds is 7. The second-order valence-electron chi connectivity index (χ2n) is 5.34. The third-order valence-corrected chi connectivity index (χ3v) is 5.67. The van der Waals surface area contributed by atoms with Crippen LogP contribution in [0.15, 0.2) is 59.5 Å². The van der Waals surface area contributed by atoms with E-state index in [0.717, 1.165) is 31.2 Å². The average Bonchev–Trinajstić information content (AvgIpc) is 2.65. The van der Waals surface area contributed by atoms with Crippen LogP contribution in [0.25, 0.3) is 0 Å². The molecule has 0 amide bonds. The van der Waals surface area contributed by atoms with E-state index < -0.39 is 38.4 Å². The highest BCUT2D eigenvalue weighted by Crippen LogP contribution is 2.20. The van der Waals surface area contributed by atoms with Crippen molar-refractivity contribution >= 4 is 27.3 Å². The average molecular weight is 377 g/mol. The predicted octanol–water partition coefficient (Wildman–Crippen LogP) is 2.18. The molecule has 0 heterocycles. The van der Waals surface area contributed by atoms with Crippen molar-refractivity contribution in [1.82, 2.24) is 0 Å². The predicted molar refractivity (Wildman–Crippen MR) is 91.5 cm³/mol. The number of hydrogen-bond acceptors (Lipinski definition) is 7. The lowest BCUT2D eigenvalue weighted by atomic mass is 10.1. The Morgan fingerprint density at radius 2 is 1.65 bits per heavy atom. The Morgan fingerprint density at radius 3 is 2.19 bits per heavy atom. The maximum Gasteiger partial charge on any atom is 0.324 e. The Bertz CT molecular complexity index is 921. The molecule has 9 heteroatoms. The first-order valence-corrected chi connectivity index (χ1v) is 9.01. The number of ether oxygens (including phenoxy) is 1. The second kappa shape index (κ2) is 7.87. The fourth-order valence-corrected chi connectivity index (χ4v) is 3.29. The van der Waals surface area contributed by atoms with Crippen molar-refractivity contribution < 1.29 is 27.7 Å². The van der Waals surface area contributed by atoms with Crippen LogP contribution in [0.5, 0.6) is 0 Å². The van der Waals surface area contributed by atoms with Crippen molar-refractivity contribution in [2.75, 3.05) is 6.61 Å². The Morgan fingerprint density at radius 1 is 1.08 bits per heavy atom. The number of esters is 1. The molecule has 0 saturated carbocycles. The molecule has 2 aromatic rings. The number of nitrogens with zero attached hydrogens (tertiary/aromatic N) is 1. The number of carbonyl (C=O) groups is 2. The van der Waals surface area contributed by atoms with Crippen molar-refractivity contribution in [3.8, 4) is 0 Å². The summed E-state index contributed by atoms with van der Waals surface area (Å²) in [5.41, 5.74) is 0.0683. The van der Waals surface area contributed by atoms with E-state index in [0.29, 0.717) is 5.56 Å². The minimum absolute atomic E-state index is 0.248. The summed E-state index contributed by atoms with van der Waals surface area (Å²) >= 11 is 0. The molecule has 0 aliphatic heterocycles. The van der Waals surface area contributed by atoms with Crippen molar-refractivity contribution in [2.45, 2.75) is 17.1 Å². The highest BCUT2D eigenvalue weighted by Gasteiger charge is 2.31. The van der Waals surface area contributed by atoms with E-state index in [1.54, 1.807) is 30.3 Å². The van der Waals surface area contributed by atoms with Gasteiger partial charge in [0.1, 0.15) is 0 Å². The van der Waals surface area contributed by atoms with Crippen LogP contribution in [0.2, 0.25) is 0 Å². The van der Waals surface area contributed by atoms with Gasteiger partial charge in [0, 0.05) is 17.7 Å². The minimum Gasteiger partial charge on any atom is -0.456 e. The first kappa shape index (κ1) is 19.3. The number of carbonyl (C=O) groups excluding carboxylic acids is 2. The fraction of sp³-hybridized carbons (Fsp3) is 0.176. The van der Waals surface area contributed by atoms with Crippen molar-refractivity contribution in [2.24, 2.45) is 0 Å². The number of Topliss-reactive ketones (excluding diaryl/α,β-unsaturated/α-hetero) is 1. The molecule has 0 fully saturated rings. The fourth-order valence-electron chi connectivity index (χ4n) is 2.05. The van der Waals surface area contributed by atoms with E-state index >= 15 is 0 Å². The molecule has 0 N–H and O–H groups in total. The van der Waals surface area contributed by atoms with Crippen LogP contribution >= 0.6 is 0 Å². The number of non-ortho nitro benzene ring substituents is 1. The van der Waals surface area contributed by atoms with Gasteiger partial charge in [0.25, 0.3) is 5.69 Å². The van der Waals surface area contributed by atoms with Gasteiger partial charge in [0.05, 0.1) is 9.82 Å². The summed E-state index contributed by atoms with van der Waals surface area (Å²) in [4.78, 5) is 33.6. The number of nitro benzene ring substituents is 1. The molecule has 1 atom stereocenters. The van der Waals surface area contributed by atoms with Crippen LogP contribution in [-0.4, -0.2) is 37.0 Å². The van der Waals surface area contributed by atoms with Crippen LogP contribution in [0, 0.1) is 10.1 Å².